The molecule has 4 nitrogen and oxygen atoms in total. The number of hydrogen-bond acceptors (Lipinski definition) is 3. The van der Waals surface area contributed by atoms with Crippen LogP contribution in [0.1, 0.15) is 58.6 Å². The number of nitrogens with zero attached hydrogens (tertiary/aromatic N) is 3. The molecule has 0 radical (unpaired) electrons. The van der Waals surface area contributed by atoms with Gasteiger partial charge in [0.05, 0.1) is 5.69 Å². The van der Waals surface area contributed by atoms with Crippen LogP contribution >= 0.6 is 0 Å². The summed E-state index contributed by atoms with van der Waals surface area (Å²) >= 11 is 0. The first kappa shape index (κ1) is 14.4. The van der Waals surface area contributed by atoms with Crippen molar-refractivity contribution in [1.29, 1.82) is 0 Å². The van der Waals surface area contributed by atoms with Crippen molar-refractivity contribution < 1.29 is 0 Å². The predicted molar refractivity (Wildman–Crippen MR) is 86.7 cm³/mol. The van der Waals surface area contributed by atoms with Gasteiger partial charge in [0.15, 0.2) is 5.82 Å². The van der Waals surface area contributed by atoms with Crippen LogP contribution in [-0.4, -0.2) is 20.6 Å². The van der Waals surface area contributed by atoms with E-state index in [2.05, 4.69) is 49.2 Å². The molecule has 114 valence electrons. The van der Waals surface area contributed by atoms with E-state index in [1.807, 2.05) is 16.9 Å². The van der Waals surface area contributed by atoms with E-state index >= 15 is 0 Å². The van der Waals surface area contributed by atoms with E-state index in [-0.39, 0.29) is 0 Å². The molecule has 21 heavy (non-hydrogen) atoms. The zero-order chi connectivity index (χ0) is 15.0. The highest BCUT2D eigenvalue weighted by molar-refractivity contribution is 5.68. The van der Waals surface area contributed by atoms with Crippen LogP contribution < -0.4 is 5.32 Å². The smallest absolute Gasteiger partial charge is 0.152 e. The Kier molecular flexibility index (Phi) is 3.87. The Morgan fingerprint density at radius 3 is 2.57 bits per heavy atom. The molecule has 0 saturated heterocycles. The maximum Gasteiger partial charge on any atom is 0.152 e. The van der Waals surface area contributed by atoms with E-state index in [0.29, 0.717) is 12.0 Å². The fourth-order valence-electron chi connectivity index (χ4n) is 3.59. The van der Waals surface area contributed by atoms with E-state index in [1.165, 1.54) is 19.3 Å². The van der Waals surface area contributed by atoms with Gasteiger partial charge >= 0.3 is 0 Å². The summed E-state index contributed by atoms with van der Waals surface area (Å²) in [5.74, 6) is 3.00. The van der Waals surface area contributed by atoms with E-state index in [4.69, 9.17) is 0 Å². The van der Waals surface area contributed by atoms with Gasteiger partial charge in [0.1, 0.15) is 5.52 Å². The van der Waals surface area contributed by atoms with E-state index < -0.39 is 0 Å². The predicted octanol–water partition coefficient (Wildman–Crippen LogP) is 4.09. The van der Waals surface area contributed by atoms with Crippen molar-refractivity contribution in [3.05, 3.63) is 24.2 Å². The molecule has 1 aliphatic rings. The number of hydrogen-bond donors (Lipinski definition) is 1. The lowest BCUT2D eigenvalue weighted by Gasteiger charge is -2.32. The van der Waals surface area contributed by atoms with Crippen LogP contribution in [0, 0.1) is 11.8 Å². The Balaban J connectivity index is 1.86. The Labute approximate surface area is 127 Å². The van der Waals surface area contributed by atoms with Crippen LogP contribution in [0.4, 0.5) is 5.82 Å². The van der Waals surface area contributed by atoms with Gasteiger partial charge in [0.2, 0.25) is 0 Å². The first-order chi connectivity index (χ1) is 10.0. The van der Waals surface area contributed by atoms with Crippen LogP contribution in [0.15, 0.2) is 18.5 Å². The van der Waals surface area contributed by atoms with Crippen molar-refractivity contribution in [1.82, 2.24) is 14.6 Å². The van der Waals surface area contributed by atoms with Gasteiger partial charge in [-0.15, -0.1) is 0 Å². The molecule has 0 spiro atoms. The molecule has 2 atom stereocenters. The molecule has 1 N–H and O–H groups in total. The molecule has 2 aromatic rings. The highest BCUT2D eigenvalue weighted by atomic mass is 15.2. The summed E-state index contributed by atoms with van der Waals surface area (Å²) in [5, 5.41) is 8.30. The Bertz CT molecular complexity index is 606. The molecular formula is C17H26N4. The second-order valence-corrected chi connectivity index (χ2v) is 7.09. The third kappa shape index (κ3) is 3.04. The summed E-state index contributed by atoms with van der Waals surface area (Å²) < 4.78 is 1.94. The number of fused-ring (bicyclic) bond motifs is 1. The maximum absolute atomic E-state index is 4.63. The Morgan fingerprint density at radius 1 is 1.19 bits per heavy atom. The summed E-state index contributed by atoms with van der Waals surface area (Å²) in [7, 11) is 0. The lowest BCUT2D eigenvalue weighted by molar-refractivity contribution is 0.280. The first-order valence-electron chi connectivity index (χ1n) is 8.13. The molecule has 1 fully saturated rings. The van der Waals surface area contributed by atoms with E-state index in [1.54, 1.807) is 0 Å². The highest BCUT2D eigenvalue weighted by Crippen LogP contribution is 2.31. The molecule has 0 bridgehead atoms. The molecule has 0 aliphatic heterocycles. The van der Waals surface area contributed by atoms with Gasteiger partial charge in [-0.1, -0.05) is 27.7 Å². The zero-order valence-electron chi connectivity index (χ0n) is 13.5. The number of rotatable bonds is 3. The zero-order valence-corrected chi connectivity index (χ0v) is 13.5. The van der Waals surface area contributed by atoms with E-state index in [0.717, 1.165) is 28.9 Å². The lowest BCUT2D eigenvalue weighted by atomic mass is 9.80. The monoisotopic (exact) mass is 286 g/mol. The van der Waals surface area contributed by atoms with Gasteiger partial charge in [-0.2, -0.15) is 5.10 Å². The van der Waals surface area contributed by atoms with Crippen molar-refractivity contribution in [2.45, 2.75) is 58.9 Å². The quantitative estimate of drug-likeness (QED) is 0.924. The largest absolute Gasteiger partial charge is 0.366 e. The van der Waals surface area contributed by atoms with Crippen molar-refractivity contribution >= 4 is 11.3 Å². The number of anilines is 1. The standard InChI is InChI=1S/C17H26N4/c1-11(2)15-10-16-17(18-5-6-21(16)20-15)19-14-8-12(3)7-13(4)9-14/h5-6,10-14H,7-9H2,1-4H3,(H,18,19). The molecule has 2 unspecified atom stereocenters. The van der Waals surface area contributed by atoms with Gasteiger partial charge in [0, 0.05) is 18.4 Å². The molecule has 1 saturated carbocycles. The van der Waals surface area contributed by atoms with Gasteiger partial charge in [-0.05, 0) is 43.1 Å². The van der Waals surface area contributed by atoms with Crippen molar-refractivity contribution in [2.75, 3.05) is 5.32 Å². The molecule has 1 aliphatic carbocycles. The first-order valence-corrected chi connectivity index (χ1v) is 8.13. The average molecular weight is 286 g/mol. The summed E-state index contributed by atoms with van der Waals surface area (Å²) in [6.07, 6.45) is 7.58. The number of nitrogens with one attached hydrogen (secondary N) is 1. The fourth-order valence-corrected chi connectivity index (χ4v) is 3.59. The fraction of sp³-hybridized carbons (Fsp3) is 0.647. The second kappa shape index (κ2) is 5.66. The molecule has 0 aromatic carbocycles. The van der Waals surface area contributed by atoms with Crippen LogP contribution in [0.5, 0.6) is 0 Å². The molecule has 0 amide bonds. The normalized spacial score (nSPS) is 26.4. The van der Waals surface area contributed by atoms with Crippen molar-refractivity contribution in [2.24, 2.45) is 11.8 Å². The van der Waals surface area contributed by atoms with Crippen LogP contribution in [-0.2, 0) is 0 Å². The van der Waals surface area contributed by atoms with Gasteiger partial charge < -0.3 is 5.32 Å². The molecule has 3 rings (SSSR count). The second-order valence-electron chi connectivity index (χ2n) is 7.09. The third-order valence-electron chi connectivity index (χ3n) is 4.52. The maximum atomic E-state index is 4.63. The van der Waals surface area contributed by atoms with Crippen LogP contribution in [0.2, 0.25) is 0 Å². The topological polar surface area (TPSA) is 42.2 Å². The molecular weight excluding hydrogens is 260 g/mol. The van der Waals surface area contributed by atoms with Gasteiger partial charge in [-0.3, -0.25) is 0 Å². The van der Waals surface area contributed by atoms with Gasteiger partial charge in [0.25, 0.3) is 0 Å². The van der Waals surface area contributed by atoms with Crippen LogP contribution in [0.25, 0.3) is 5.52 Å². The van der Waals surface area contributed by atoms with E-state index in [9.17, 15) is 0 Å². The van der Waals surface area contributed by atoms with Crippen LogP contribution in [0.3, 0.4) is 0 Å². The molecule has 2 heterocycles. The van der Waals surface area contributed by atoms with Gasteiger partial charge in [-0.25, -0.2) is 9.50 Å². The average Bonchev–Trinajstić information content (AvgIpc) is 2.82. The SMILES string of the molecule is CC1CC(C)CC(Nc2nccn3nc(C(C)C)cc23)C1. The lowest BCUT2D eigenvalue weighted by Crippen LogP contribution is -2.30. The minimum absolute atomic E-state index is 0.437. The number of aromatic nitrogens is 3. The minimum atomic E-state index is 0.437. The minimum Gasteiger partial charge on any atom is -0.366 e. The Hall–Kier alpha value is -1.58. The summed E-state index contributed by atoms with van der Waals surface area (Å²) in [4.78, 5) is 4.55. The highest BCUT2D eigenvalue weighted by Gasteiger charge is 2.24. The Morgan fingerprint density at radius 2 is 1.90 bits per heavy atom. The summed E-state index contributed by atoms with van der Waals surface area (Å²) in [6.45, 7) is 9.06. The summed E-state index contributed by atoms with van der Waals surface area (Å²) in [5.41, 5.74) is 2.21. The summed E-state index contributed by atoms with van der Waals surface area (Å²) in [6, 6.07) is 2.69. The van der Waals surface area contributed by atoms with Crippen molar-refractivity contribution in [3.8, 4) is 0 Å². The molecule has 2 aromatic heterocycles. The molecule has 4 heteroatoms. The third-order valence-corrected chi connectivity index (χ3v) is 4.52. The van der Waals surface area contributed by atoms with Crippen molar-refractivity contribution in [3.63, 3.8) is 0 Å².